The van der Waals surface area contributed by atoms with Crippen LogP contribution in [0, 0.1) is 5.92 Å². The summed E-state index contributed by atoms with van der Waals surface area (Å²) < 4.78 is 71.9. The number of benzene rings is 2. The van der Waals surface area contributed by atoms with Crippen molar-refractivity contribution in [2.75, 3.05) is 39.5 Å². The van der Waals surface area contributed by atoms with E-state index in [0.29, 0.717) is 21.9 Å². The van der Waals surface area contributed by atoms with E-state index < -0.39 is 31.4 Å². The summed E-state index contributed by atoms with van der Waals surface area (Å²) in [7, 11) is -5.83. The van der Waals surface area contributed by atoms with E-state index in [0.717, 1.165) is 11.7 Å². The van der Waals surface area contributed by atoms with Crippen molar-refractivity contribution in [1.82, 2.24) is 9.21 Å². The van der Waals surface area contributed by atoms with Gasteiger partial charge in [0.25, 0.3) is 5.91 Å². The summed E-state index contributed by atoms with van der Waals surface area (Å²) in [6.45, 7) is 0.130. The first kappa shape index (κ1) is 27.6. The third kappa shape index (κ3) is 5.84. The minimum atomic E-state index is -4.04. The molecule has 12 heteroatoms. The second-order valence-corrected chi connectivity index (χ2v) is 13.6. The molecule has 4 rings (SSSR count). The third-order valence-electron chi connectivity index (χ3n) is 6.66. The summed E-state index contributed by atoms with van der Waals surface area (Å²) in [6.07, 6.45) is 2.03. The maximum Gasteiger partial charge on any atom is 0.260 e. The molecule has 0 aliphatic carbocycles. The van der Waals surface area contributed by atoms with Gasteiger partial charge in [-0.05, 0) is 24.3 Å². The molecule has 0 aromatic heterocycles. The molecule has 200 valence electrons. The van der Waals surface area contributed by atoms with Crippen molar-refractivity contribution in [3.63, 3.8) is 0 Å². The summed E-state index contributed by atoms with van der Waals surface area (Å²) in [4.78, 5) is 14.2. The predicted molar refractivity (Wildman–Crippen MR) is 139 cm³/mol. The molecule has 0 unspecified atom stereocenters. The zero-order valence-corrected chi connectivity index (χ0v) is 22.8. The van der Waals surface area contributed by atoms with Gasteiger partial charge in [-0.2, -0.15) is 4.31 Å². The largest absolute Gasteiger partial charge is 0.497 e. The number of halogens is 2. The van der Waals surface area contributed by atoms with Crippen LogP contribution >= 0.6 is 11.6 Å². The number of hydrogen-bond acceptors (Lipinski definition) is 6. The second kappa shape index (κ2) is 10.4. The Balaban J connectivity index is 1.49. The SMILES string of the molecule is COc1ccc(S(=O)(=O)N2CCC(F)(C(=O)N3CC(/C=C\S(C)(=O)=O)C3)CC2)c(-c2ccccc2Cl)c1. The van der Waals surface area contributed by atoms with Crippen molar-refractivity contribution in [1.29, 1.82) is 0 Å². The third-order valence-corrected chi connectivity index (χ3v) is 9.60. The average Bonchev–Trinajstić information content (AvgIpc) is 2.82. The molecule has 0 N–H and O–H groups in total. The highest BCUT2D eigenvalue weighted by atomic mass is 35.5. The molecule has 2 aromatic rings. The van der Waals surface area contributed by atoms with E-state index in [1.165, 1.54) is 28.5 Å². The standard InChI is InChI=1S/C25H28ClFN2O6S2/c1-35-19-7-8-23(21(15-19)20-5-3-4-6-22(20)26)37(33,34)29-12-10-25(27,11-13-29)24(30)28-16-18(17-28)9-14-36(2,31)32/h3-9,14-15,18H,10-13,16-17H2,1-2H3/b14-9-. The second-order valence-electron chi connectivity index (χ2n) is 9.34. The minimum absolute atomic E-state index is 0.0160. The Kier molecular flexibility index (Phi) is 7.72. The number of piperidine rings is 1. The Morgan fingerprint density at radius 1 is 1.08 bits per heavy atom. The highest BCUT2D eigenvalue weighted by molar-refractivity contribution is 7.93. The van der Waals surface area contributed by atoms with Gasteiger partial charge < -0.3 is 9.64 Å². The molecule has 2 aromatic carbocycles. The predicted octanol–water partition coefficient (Wildman–Crippen LogP) is 3.53. The number of hydrogen-bond donors (Lipinski definition) is 0. The Hall–Kier alpha value is -2.47. The van der Waals surface area contributed by atoms with E-state index in [-0.39, 0.29) is 49.8 Å². The number of carbonyl (C=O) groups is 1. The van der Waals surface area contributed by atoms with Gasteiger partial charge in [0, 0.05) is 72.8 Å². The van der Waals surface area contributed by atoms with Crippen LogP contribution in [0.15, 0.2) is 58.8 Å². The van der Waals surface area contributed by atoms with Crippen LogP contribution in [0.1, 0.15) is 12.8 Å². The molecule has 2 aliphatic rings. The van der Waals surface area contributed by atoms with E-state index in [9.17, 15) is 21.6 Å². The van der Waals surface area contributed by atoms with Gasteiger partial charge in [-0.3, -0.25) is 4.79 Å². The molecule has 0 bridgehead atoms. The van der Waals surface area contributed by atoms with Crippen LogP contribution < -0.4 is 4.74 Å². The van der Waals surface area contributed by atoms with Gasteiger partial charge in [0.2, 0.25) is 10.0 Å². The fourth-order valence-corrected chi connectivity index (χ4v) is 6.90. The van der Waals surface area contributed by atoms with Gasteiger partial charge in [-0.15, -0.1) is 0 Å². The van der Waals surface area contributed by atoms with Crippen LogP contribution in [0.2, 0.25) is 5.02 Å². The number of alkyl halides is 1. The highest BCUT2D eigenvalue weighted by Gasteiger charge is 2.48. The molecule has 0 atom stereocenters. The van der Waals surface area contributed by atoms with Crippen molar-refractivity contribution in [3.8, 4) is 16.9 Å². The van der Waals surface area contributed by atoms with Crippen LogP contribution in [0.4, 0.5) is 4.39 Å². The fraction of sp³-hybridized carbons (Fsp3) is 0.400. The van der Waals surface area contributed by atoms with Crippen LogP contribution in [-0.2, 0) is 24.7 Å². The van der Waals surface area contributed by atoms with Crippen molar-refractivity contribution in [2.45, 2.75) is 23.4 Å². The molecule has 0 radical (unpaired) electrons. The number of sulfonamides is 1. The van der Waals surface area contributed by atoms with Crippen molar-refractivity contribution < 1.29 is 30.8 Å². The van der Waals surface area contributed by atoms with Gasteiger partial charge >= 0.3 is 0 Å². The summed E-state index contributed by atoms with van der Waals surface area (Å²) in [5.74, 6) is -0.379. The van der Waals surface area contributed by atoms with Gasteiger partial charge in [-0.1, -0.05) is 35.9 Å². The maximum atomic E-state index is 15.6. The Labute approximate surface area is 221 Å². The smallest absolute Gasteiger partial charge is 0.260 e. The lowest BCUT2D eigenvalue weighted by molar-refractivity contribution is -0.152. The number of carbonyl (C=O) groups excluding carboxylic acids is 1. The lowest BCUT2D eigenvalue weighted by Gasteiger charge is -2.43. The van der Waals surface area contributed by atoms with Crippen molar-refractivity contribution >= 4 is 37.4 Å². The molecular weight excluding hydrogens is 543 g/mol. The summed E-state index contributed by atoms with van der Waals surface area (Å²) >= 11 is 6.36. The van der Waals surface area contributed by atoms with Crippen molar-refractivity contribution in [2.24, 2.45) is 5.92 Å². The molecule has 37 heavy (non-hydrogen) atoms. The molecule has 1 amide bonds. The summed E-state index contributed by atoms with van der Waals surface area (Å²) in [5, 5.41) is 1.46. The molecule has 2 heterocycles. The average molecular weight is 571 g/mol. The van der Waals surface area contributed by atoms with E-state index >= 15 is 4.39 Å². The van der Waals surface area contributed by atoms with E-state index in [2.05, 4.69) is 0 Å². The van der Waals surface area contributed by atoms with Crippen LogP contribution in [0.25, 0.3) is 11.1 Å². The monoisotopic (exact) mass is 570 g/mol. The number of likely N-dealkylation sites (tertiary alicyclic amines) is 1. The fourth-order valence-electron chi connectivity index (χ4n) is 4.52. The highest BCUT2D eigenvalue weighted by Crippen LogP contribution is 2.39. The quantitative estimate of drug-likeness (QED) is 0.505. The number of ether oxygens (including phenoxy) is 1. The van der Waals surface area contributed by atoms with Crippen LogP contribution in [0.5, 0.6) is 5.75 Å². The van der Waals surface area contributed by atoms with Gasteiger partial charge in [0.15, 0.2) is 15.5 Å². The lowest BCUT2D eigenvalue weighted by Crippen LogP contribution is -2.59. The minimum Gasteiger partial charge on any atom is -0.497 e. The Bertz CT molecular complexity index is 1430. The van der Waals surface area contributed by atoms with E-state index in [1.807, 2.05) is 0 Å². The Morgan fingerprint density at radius 3 is 2.32 bits per heavy atom. The molecular formula is C25H28ClFN2O6S2. The van der Waals surface area contributed by atoms with Crippen molar-refractivity contribution in [3.05, 3.63) is 59.0 Å². The van der Waals surface area contributed by atoms with E-state index in [4.69, 9.17) is 16.3 Å². The Morgan fingerprint density at radius 2 is 1.73 bits per heavy atom. The first-order valence-electron chi connectivity index (χ1n) is 11.6. The number of methoxy groups -OCH3 is 1. The molecule has 2 fully saturated rings. The molecule has 0 spiro atoms. The number of nitrogens with zero attached hydrogens (tertiary/aromatic N) is 2. The first-order chi connectivity index (χ1) is 17.3. The zero-order chi connectivity index (χ0) is 27.0. The van der Waals surface area contributed by atoms with Crippen LogP contribution in [0.3, 0.4) is 0 Å². The van der Waals surface area contributed by atoms with E-state index in [1.54, 1.807) is 36.4 Å². The van der Waals surface area contributed by atoms with Crippen LogP contribution in [-0.4, -0.2) is 77.2 Å². The molecule has 0 saturated carbocycles. The molecule has 2 aliphatic heterocycles. The number of sulfone groups is 1. The normalized spacial score (nSPS) is 19.1. The lowest BCUT2D eigenvalue weighted by atomic mass is 9.89. The first-order valence-corrected chi connectivity index (χ1v) is 15.4. The summed E-state index contributed by atoms with van der Waals surface area (Å²) in [5.41, 5.74) is -1.29. The zero-order valence-electron chi connectivity index (χ0n) is 20.4. The number of rotatable bonds is 7. The van der Waals surface area contributed by atoms with Gasteiger partial charge in [0.1, 0.15) is 5.75 Å². The topological polar surface area (TPSA) is 101 Å². The number of amides is 1. The van der Waals surface area contributed by atoms with Gasteiger partial charge in [0.05, 0.1) is 12.0 Å². The van der Waals surface area contributed by atoms with Gasteiger partial charge in [-0.25, -0.2) is 21.2 Å². The maximum absolute atomic E-state index is 15.6. The summed E-state index contributed by atoms with van der Waals surface area (Å²) in [6, 6.07) is 11.4. The molecule has 8 nitrogen and oxygen atoms in total. The molecule has 2 saturated heterocycles.